The molecule has 0 amide bonds. The van der Waals surface area contributed by atoms with Gasteiger partial charge in [-0.3, -0.25) is 9.69 Å². The van der Waals surface area contributed by atoms with Gasteiger partial charge in [-0.05, 0) is 11.6 Å². The van der Waals surface area contributed by atoms with E-state index in [2.05, 4.69) is 10.2 Å². The third-order valence-electron chi connectivity index (χ3n) is 4.37. The van der Waals surface area contributed by atoms with E-state index in [-0.39, 0.29) is 29.7 Å². The van der Waals surface area contributed by atoms with Gasteiger partial charge >= 0.3 is 0 Å². The van der Waals surface area contributed by atoms with Crippen LogP contribution in [0.4, 0.5) is 0 Å². The molecule has 1 atom stereocenters. The first-order valence-corrected chi connectivity index (χ1v) is 8.18. The fourth-order valence-electron chi connectivity index (χ4n) is 3.16. The molecule has 0 radical (unpaired) electrons. The number of carbonyl (C=O) groups is 1. The fourth-order valence-corrected chi connectivity index (χ4v) is 3.16. The third kappa shape index (κ3) is 3.75. The van der Waals surface area contributed by atoms with Crippen LogP contribution < -0.4 is 5.32 Å². The Morgan fingerprint density at radius 3 is 2.46 bits per heavy atom. The van der Waals surface area contributed by atoms with Crippen molar-refractivity contribution in [3.63, 3.8) is 0 Å². The van der Waals surface area contributed by atoms with Crippen molar-refractivity contribution in [3.05, 3.63) is 59.7 Å². The zero-order valence-electron chi connectivity index (χ0n) is 13.5. The summed E-state index contributed by atoms with van der Waals surface area (Å²) in [6, 6.07) is 13.8. The van der Waals surface area contributed by atoms with Crippen LogP contribution in [0.25, 0.3) is 0 Å². The Bertz CT molecular complexity index is 697. The van der Waals surface area contributed by atoms with Crippen LogP contribution >= 0.6 is 0 Å². The number of aromatic hydroxyl groups is 2. The van der Waals surface area contributed by atoms with Gasteiger partial charge < -0.3 is 15.5 Å². The number of nitrogens with zero attached hydrogens (tertiary/aromatic N) is 1. The Morgan fingerprint density at radius 2 is 1.79 bits per heavy atom. The Kier molecular flexibility index (Phi) is 5.13. The molecule has 1 heterocycles. The number of benzene rings is 2. The molecule has 1 saturated heterocycles. The average molecular weight is 326 g/mol. The van der Waals surface area contributed by atoms with Crippen LogP contribution in [0.2, 0.25) is 0 Å². The van der Waals surface area contributed by atoms with Gasteiger partial charge in [0.05, 0.1) is 6.04 Å². The van der Waals surface area contributed by atoms with Gasteiger partial charge in [0.25, 0.3) is 0 Å². The normalized spacial score (nSPS) is 16.7. The highest BCUT2D eigenvalue weighted by molar-refractivity contribution is 5.87. The molecule has 1 aliphatic heterocycles. The van der Waals surface area contributed by atoms with Crippen molar-refractivity contribution >= 4 is 5.78 Å². The fraction of sp³-hybridized carbons (Fsp3) is 0.316. The highest BCUT2D eigenvalue weighted by Gasteiger charge is 2.28. The van der Waals surface area contributed by atoms with Crippen LogP contribution in [0.1, 0.15) is 17.2 Å². The quantitative estimate of drug-likeness (QED) is 0.782. The van der Waals surface area contributed by atoms with E-state index in [4.69, 9.17) is 0 Å². The highest BCUT2D eigenvalue weighted by Crippen LogP contribution is 2.28. The van der Waals surface area contributed by atoms with Crippen molar-refractivity contribution in [1.82, 2.24) is 10.2 Å². The molecule has 0 spiro atoms. The number of nitrogens with one attached hydrogen (secondary N) is 1. The Morgan fingerprint density at radius 1 is 1.08 bits per heavy atom. The SMILES string of the molecule is O=C(Cc1ccc(O)cc1O)C(c1ccccc1)N1CCNCC1. The maximum Gasteiger partial charge on any atom is 0.158 e. The molecule has 5 heteroatoms. The Balaban J connectivity index is 1.85. The maximum absolute atomic E-state index is 13.0. The molecular formula is C19H22N2O3. The minimum absolute atomic E-state index is 0.00888. The summed E-state index contributed by atoms with van der Waals surface area (Å²) in [7, 11) is 0. The summed E-state index contributed by atoms with van der Waals surface area (Å²) >= 11 is 0. The molecule has 0 aromatic heterocycles. The van der Waals surface area contributed by atoms with E-state index in [0.29, 0.717) is 5.56 Å². The molecule has 24 heavy (non-hydrogen) atoms. The van der Waals surface area contributed by atoms with Gasteiger partial charge in [-0.25, -0.2) is 0 Å². The molecule has 0 bridgehead atoms. The molecular weight excluding hydrogens is 304 g/mol. The lowest BCUT2D eigenvalue weighted by atomic mass is 9.95. The number of Topliss-reactive ketones (excluding diaryl/α,β-unsaturated/α-hetero) is 1. The summed E-state index contributed by atoms with van der Waals surface area (Å²) < 4.78 is 0. The summed E-state index contributed by atoms with van der Waals surface area (Å²) in [5.74, 6) is -0.00928. The second kappa shape index (κ2) is 7.47. The summed E-state index contributed by atoms with van der Waals surface area (Å²) in [5, 5.41) is 22.7. The van der Waals surface area contributed by atoms with E-state index in [1.54, 1.807) is 6.07 Å². The smallest absolute Gasteiger partial charge is 0.158 e. The molecule has 0 aliphatic carbocycles. The molecule has 3 rings (SSSR count). The zero-order chi connectivity index (χ0) is 16.9. The van der Waals surface area contributed by atoms with E-state index in [1.807, 2.05) is 30.3 Å². The predicted octanol–water partition coefficient (Wildman–Crippen LogP) is 1.86. The lowest BCUT2D eigenvalue weighted by Gasteiger charge is -2.34. The summed E-state index contributed by atoms with van der Waals surface area (Å²) in [4.78, 5) is 15.2. The van der Waals surface area contributed by atoms with Gasteiger partial charge in [0, 0.05) is 44.2 Å². The van der Waals surface area contributed by atoms with Gasteiger partial charge in [-0.1, -0.05) is 36.4 Å². The topological polar surface area (TPSA) is 72.8 Å². The van der Waals surface area contributed by atoms with Gasteiger partial charge in [-0.15, -0.1) is 0 Å². The molecule has 0 saturated carbocycles. The second-order valence-electron chi connectivity index (χ2n) is 6.06. The third-order valence-corrected chi connectivity index (χ3v) is 4.37. The van der Waals surface area contributed by atoms with E-state index in [1.165, 1.54) is 12.1 Å². The van der Waals surface area contributed by atoms with Crippen molar-refractivity contribution in [1.29, 1.82) is 0 Å². The standard InChI is InChI=1S/C19H22N2O3/c22-16-7-6-15(17(23)13-16)12-18(24)19(14-4-2-1-3-5-14)21-10-8-20-9-11-21/h1-7,13,19-20,22-23H,8-12H2. The van der Waals surface area contributed by atoms with Gasteiger partial charge in [0.15, 0.2) is 5.78 Å². The van der Waals surface area contributed by atoms with Crippen molar-refractivity contribution in [2.45, 2.75) is 12.5 Å². The number of carbonyl (C=O) groups excluding carboxylic acids is 1. The van der Waals surface area contributed by atoms with Gasteiger partial charge in [-0.2, -0.15) is 0 Å². The minimum atomic E-state index is -0.318. The first-order chi connectivity index (χ1) is 11.6. The number of piperazine rings is 1. The monoisotopic (exact) mass is 326 g/mol. The van der Waals surface area contributed by atoms with Crippen molar-refractivity contribution in [3.8, 4) is 11.5 Å². The average Bonchev–Trinajstić information content (AvgIpc) is 2.60. The van der Waals surface area contributed by atoms with Crippen LogP contribution in [0.3, 0.4) is 0 Å². The first kappa shape index (κ1) is 16.5. The summed E-state index contributed by atoms with van der Waals surface area (Å²) in [5.41, 5.74) is 1.51. The van der Waals surface area contributed by atoms with Crippen LogP contribution in [0, 0.1) is 0 Å². The number of phenols is 2. The number of rotatable bonds is 5. The van der Waals surface area contributed by atoms with Gasteiger partial charge in [0.2, 0.25) is 0 Å². The second-order valence-corrected chi connectivity index (χ2v) is 6.06. The van der Waals surface area contributed by atoms with Gasteiger partial charge in [0.1, 0.15) is 11.5 Å². The van der Waals surface area contributed by atoms with Crippen LogP contribution in [0.5, 0.6) is 11.5 Å². The lowest BCUT2D eigenvalue weighted by molar-refractivity contribution is -0.124. The van der Waals surface area contributed by atoms with Crippen LogP contribution in [0.15, 0.2) is 48.5 Å². The predicted molar refractivity (Wildman–Crippen MR) is 92.1 cm³/mol. The lowest BCUT2D eigenvalue weighted by Crippen LogP contribution is -2.47. The molecule has 2 aromatic carbocycles. The molecule has 1 unspecified atom stereocenters. The minimum Gasteiger partial charge on any atom is -0.508 e. The Hall–Kier alpha value is -2.37. The molecule has 1 fully saturated rings. The van der Waals surface area contributed by atoms with Crippen molar-refractivity contribution < 1.29 is 15.0 Å². The maximum atomic E-state index is 13.0. The van der Waals surface area contributed by atoms with Crippen LogP contribution in [-0.4, -0.2) is 47.1 Å². The number of ketones is 1. The first-order valence-electron chi connectivity index (χ1n) is 8.18. The van der Waals surface area contributed by atoms with Crippen molar-refractivity contribution in [2.75, 3.05) is 26.2 Å². The molecule has 2 aromatic rings. The summed E-state index contributed by atoms with van der Waals surface area (Å²) in [6.45, 7) is 3.35. The molecule has 1 aliphatic rings. The Labute approximate surface area is 141 Å². The molecule has 3 N–H and O–H groups in total. The molecule has 5 nitrogen and oxygen atoms in total. The van der Waals surface area contributed by atoms with E-state index in [9.17, 15) is 15.0 Å². The summed E-state index contributed by atoms with van der Waals surface area (Å²) in [6.07, 6.45) is 0.135. The largest absolute Gasteiger partial charge is 0.508 e. The molecule has 126 valence electrons. The van der Waals surface area contributed by atoms with Crippen LogP contribution in [-0.2, 0) is 11.2 Å². The number of hydrogen-bond donors (Lipinski definition) is 3. The highest BCUT2D eigenvalue weighted by atomic mass is 16.3. The van der Waals surface area contributed by atoms with E-state index in [0.717, 1.165) is 31.7 Å². The number of phenolic OH excluding ortho intramolecular Hbond substituents is 2. The van der Waals surface area contributed by atoms with Crippen molar-refractivity contribution in [2.24, 2.45) is 0 Å². The number of hydrogen-bond acceptors (Lipinski definition) is 5. The van der Waals surface area contributed by atoms with E-state index < -0.39 is 0 Å². The zero-order valence-corrected chi connectivity index (χ0v) is 13.5. The van der Waals surface area contributed by atoms with E-state index >= 15 is 0 Å².